The molecule has 0 aromatic heterocycles. The van der Waals surface area contributed by atoms with Gasteiger partial charge in [0.2, 0.25) is 0 Å². The molecule has 0 aliphatic rings. The normalized spacial score (nSPS) is 12.6. The first-order valence-electron chi connectivity index (χ1n) is 5.63. The maximum Gasteiger partial charge on any atom is 0.120 e. The van der Waals surface area contributed by atoms with Crippen molar-refractivity contribution in [2.75, 3.05) is 0 Å². The van der Waals surface area contributed by atoms with Crippen molar-refractivity contribution in [1.82, 2.24) is 0 Å². The van der Waals surface area contributed by atoms with Gasteiger partial charge in [-0.15, -0.1) is 0 Å². The Morgan fingerprint density at radius 2 is 1.93 bits per heavy atom. The van der Waals surface area contributed by atoms with Crippen LogP contribution in [0.5, 0.6) is 0 Å². The predicted molar refractivity (Wildman–Crippen MR) is 62.3 cm³/mol. The summed E-state index contributed by atoms with van der Waals surface area (Å²) in [7, 11) is 0. The fourth-order valence-electron chi connectivity index (χ4n) is 1.74. The highest BCUT2D eigenvalue weighted by molar-refractivity contribution is 5.49. The van der Waals surface area contributed by atoms with Crippen LogP contribution in [0, 0.1) is 11.8 Å². The summed E-state index contributed by atoms with van der Waals surface area (Å²) in [5, 5.41) is 0. The molecule has 14 heavy (non-hydrogen) atoms. The summed E-state index contributed by atoms with van der Waals surface area (Å²) < 4.78 is 0. The van der Waals surface area contributed by atoms with Crippen LogP contribution in [-0.2, 0) is 4.79 Å². The minimum atomic E-state index is 0.586. The zero-order valence-corrected chi connectivity index (χ0v) is 10.0. The number of hydrogen-bond donors (Lipinski definition) is 0. The molecular formula is C13H24O. The first-order chi connectivity index (χ1) is 6.56. The van der Waals surface area contributed by atoms with Crippen molar-refractivity contribution in [1.29, 1.82) is 0 Å². The summed E-state index contributed by atoms with van der Waals surface area (Å²) in [5.74, 6) is 1.29. The molecule has 1 unspecified atom stereocenters. The summed E-state index contributed by atoms with van der Waals surface area (Å²) in [6.45, 7) is 8.69. The fraction of sp³-hybridized carbons (Fsp3) is 0.769. The number of carbonyl (C=O) groups is 1. The lowest BCUT2D eigenvalue weighted by Gasteiger charge is -2.15. The van der Waals surface area contributed by atoms with E-state index in [1.54, 1.807) is 0 Å². The molecular weight excluding hydrogens is 172 g/mol. The molecule has 0 rings (SSSR count). The van der Waals surface area contributed by atoms with Crippen LogP contribution >= 0.6 is 0 Å². The van der Waals surface area contributed by atoms with E-state index in [0.717, 1.165) is 25.5 Å². The Balaban J connectivity index is 3.84. The quantitative estimate of drug-likeness (QED) is 0.444. The second-order valence-corrected chi connectivity index (χ2v) is 4.76. The average molecular weight is 196 g/mol. The van der Waals surface area contributed by atoms with Gasteiger partial charge in [-0.1, -0.05) is 25.5 Å². The van der Waals surface area contributed by atoms with Crippen molar-refractivity contribution in [3.63, 3.8) is 0 Å². The molecule has 0 aliphatic carbocycles. The van der Waals surface area contributed by atoms with Crippen LogP contribution in [0.4, 0.5) is 0 Å². The average Bonchev–Trinajstić information content (AvgIpc) is 2.02. The molecule has 1 heteroatoms. The SMILES string of the molecule is CC(C)=CCCC(CC=O)CC(C)C. The smallest absolute Gasteiger partial charge is 0.120 e. The second-order valence-electron chi connectivity index (χ2n) is 4.76. The summed E-state index contributed by atoms with van der Waals surface area (Å²) in [5.41, 5.74) is 1.37. The molecule has 0 spiro atoms. The van der Waals surface area contributed by atoms with E-state index in [9.17, 15) is 4.79 Å². The van der Waals surface area contributed by atoms with Crippen LogP contribution in [0.2, 0.25) is 0 Å². The molecule has 0 aromatic rings. The third-order valence-electron chi connectivity index (χ3n) is 2.36. The molecule has 0 amide bonds. The summed E-state index contributed by atoms with van der Waals surface area (Å²) >= 11 is 0. The molecule has 0 radical (unpaired) electrons. The summed E-state index contributed by atoms with van der Waals surface area (Å²) in [6, 6.07) is 0. The lowest BCUT2D eigenvalue weighted by atomic mass is 9.90. The predicted octanol–water partition coefficient (Wildman–Crippen LogP) is 3.98. The van der Waals surface area contributed by atoms with Crippen molar-refractivity contribution >= 4 is 6.29 Å². The summed E-state index contributed by atoms with van der Waals surface area (Å²) in [6.07, 6.45) is 7.51. The van der Waals surface area contributed by atoms with Crippen LogP contribution in [0.1, 0.15) is 53.4 Å². The number of rotatable bonds is 7. The molecule has 1 atom stereocenters. The number of carbonyl (C=O) groups excluding carboxylic acids is 1. The van der Waals surface area contributed by atoms with Gasteiger partial charge in [0.05, 0.1) is 0 Å². The van der Waals surface area contributed by atoms with Gasteiger partial charge in [-0.05, 0) is 44.9 Å². The lowest BCUT2D eigenvalue weighted by molar-refractivity contribution is -0.108. The standard InChI is InChI=1S/C13H24O/c1-11(2)6-5-7-13(8-9-14)10-12(3)4/h6,9,12-13H,5,7-8,10H2,1-4H3. The van der Waals surface area contributed by atoms with Gasteiger partial charge in [0.25, 0.3) is 0 Å². The van der Waals surface area contributed by atoms with Crippen molar-refractivity contribution in [3.8, 4) is 0 Å². The minimum Gasteiger partial charge on any atom is -0.303 e. The molecule has 0 aromatic carbocycles. The minimum absolute atomic E-state index is 0.586. The van der Waals surface area contributed by atoms with Gasteiger partial charge in [-0.3, -0.25) is 0 Å². The third-order valence-corrected chi connectivity index (χ3v) is 2.36. The number of allylic oxidation sites excluding steroid dienone is 2. The highest BCUT2D eigenvalue weighted by atomic mass is 16.1. The Hall–Kier alpha value is -0.590. The van der Waals surface area contributed by atoms with Gasteiger partial charge in [0.1, 0.15) is 6.29 Å². The van der Waals surface area contributed by atoms with Gasteiger partial charge in [-0.2, -0.15) is 0 Å². The van der Waals surface area contributed by atoms with E-state index in [1.807, 2.05) is 0 Å². The van der Waals surface area contributed by atoms with Gasteiger partial charge in [-0.25, -0.2) is 0 Å². The van der Waals surface area contributed by atoms with Crippen LogP contribution in [-0.4, -0.2) is 6.29 Å². The Bertz CT molecular complexity index is 176. The largest absolute Gasteiger partial charge is 0.303 e. The molecule has 0 N–H and O–H groups in total. The molecule has 0 bridgehead atoms. The molecule has 0 heterocycles. The maximum atomic E-state index is 10.5. The maximum absolute atomic E-state index is 10.5. The Morgan fingerprint density at radius 1 is 1.29 bits per heavy atom. The van der Waals surface area contributed by atoms with Crippen LogP contribution in [0.25, 0.3) is 0 Å². The van der Waals surface area contributed by atoms with Crippen molar-refractivity contribution in [2.24, 2.45) is 11.8 Å². The highest BCUT2D eigenvalue weighted by Crippen LogP contribution is 2.20. The van der Waals surface area contributed by atoms with Gasteiger partial charge in [0, 0.05) is 6.42 Å². The number of hydrogen-bond acceptors (Lipinski definition) is 1. The van der Waals surface area contributed by atoms with Gasteiger partial charge < -0.3 is 4.79 Å². The van der Waals surface area contributed by atoms with Crippen molar-refractivity contribution in [2.45, 2.75) is 53.4 Å². The molecule has 0 saturated heterocycles. The first-order valence-corrected chi connectivity index (χ1v) is 5.63. The highest BCUT2D eigenvalue weighted by Gasteiger charge is 2.09. The van der Waals surface area contributed by atoms with Crippen molar-refractivity contribution < 1.29 is 4.79 Å². The van der Waals surface area contributed by atoms with Gasteiger partial charge >= 0.3 is 0 Å². The van der Waals surface area contributed by atoms with E-state index in [-0.39, 0.29) is 0 Å². The van der Waals surface area contributed by atoms with E-state index >= 15 is 0 Å². The zero-order chi connectivity index (χ0) is 11.0. The monoisotopic (exact) mass is 196 g/mol. The van der Waals surface area contributed by atoms with Crippen LogP contribution in [0.3, 0.4) is 0 Å². The fourth-order valence-corrected chi connectivity index (χ4v) is 1.74. The Kier molecular flexibility index (Phi) is 7.45. The zero-order valence-electron chi connectivity index (χ0n) is 10.0. The lowest BCUT2D eigenvalue weighted by Crippen LogP contribution is -2.05. The van der Waals surface area contributed by atoms with E-state index in [1.165, 1.54) is 12.0 Å². The third kappa shape index (κ3) is 8.03. The molecule has 82 valence electrons. The molecule has 0 saturated carbocycles. The number of aldehydes is 1. The van der Waals surface area contributed by atoms with E-state index in [0.29, 0.717) is 11.8 Å². The van der Waals surface area contributed by atoms with E-state index < -0.39 is 0 Å². The summed E-state index contributed by atoms with van der Waals surface area (Å²) in [4.78, 5) is 10.5. The van der Waals surface area contributed by atoms with E-state index in [2.05, 4.69) is 33.8 Å². The van der Waals surface area contributed by atoms with Crippen LogP contribution in [0.15, 0.2) is 11.6 Å². The molecule has 0 fully saturated rings. The molecule has 1 nitrogen and oxygen atoms in total. The first kappa shape index (κ1) is 13.4. The van der Waals surface area contributed by atoms with Crippen LogP contribution < -0.4 is 0 Å². The molecule has 0 aliphatic heterocycles. The second kappa shape index (κ2) is 7.78. The Labute approximate surface area is 88.6 Å². The topological polar surface area (TPSA) is 17.1 Å². The van der Waals surface area contributed by atoms with E-state index in [4.69, 9.17) is 0 Å². The Morgan fingerprint density at radius 3 is 2.36 bits per heavy atom. The van der Waals surface area contributed by atoms with Crippen molar-refractivity contribution in [3.05, 3.63) is 11.6 Å². The van der Waals surface area contributed by atoms with Gasteiger partial charge in [0.15, 0.2) is 0 Å².